The van der Waals surface area contributed by atoms with E-state index in [1.807, 2.05) is 6.92 Å². The van der Waals surface area contributed by atoms with E-state index >= 15 is 0 Å². The molecule has 3 aromatic rings. The molecule has 112 valence electrons. The second-order valence-electron chi connectivity index (χ2n) is 4.63. The van der Waals surface area contributed by atoms with E-state index in [9.17, 15) is 4.79 Å². The van der Waals surface area contributed by atoms with Crippen molar-refractivity contribution in [1.82, 2.24) is 24.9 Å². The Morgan fingerprint density at radius 3 is 2.91 bits per heavy atom. The molecule has 0 bridgehead atoms. The van der Waals surface area contributed by atoms with E-state index in [0.29, 0.717) is 35.2 Å². The summed E-state index contributed by atoms with van der Waals surface area (Å²) in [4.78, 5) is 19.6. The molecule has 0 spiro atoms. The summed E-state index contributed by atoms with van der Waals surface area (Å²) < 4.78 is 6.66. The van der Waals surface area contributed by atoms with Crippen molar-refractivity contribution in [1.29, 1.82) is 0 Å². The molecular formula is C14H13N5O3. The smallest absolute Gasteiger partial charge is 0.339 e. The van der Waals surface area contributed by atoms with Gasteiger partial charge in [0.25, 0.3) is 5.89 Å². The van der Waals surface area contributed by atoms with E-state index in [1.165, 1.54) is 10.9 Å². The van der Waals surface area contributed by atoms with Gasteiger partial charge in [-0.2, -0.15) is 10.1 Å². The molecule has 8 nitrogen and oxygen atoms in total. The molecule has 3 rings (SSSR count). The van der Waals surface area contributed by atoms with Gasteiger partial charge in [-0.3, -0.25) is 0 Å². The van der Waals surface area contributed by atoms with Gasteiger partial charge in [0.1, 0.15) is 5.56 Å². The first-order chi connectivity index (χ1) is 10.6. The summed E-state index contributed by atoms with van der Waals surface area (Å²) in [5.74, 6) is 0.476. The number of carboxylic acid groups (broad SMARTS) is 1. The molecule has 0 aliphatic rings. The summed E-state index contributed by atoms with van der Waals surface area (Å²) in [6, 6.07) is 3.46. The lowest BCUT2D eigenvalue weighted by Crippen LogP contribution is -2.04. The third kappa shape index (κ3) is 2.34. The van der Waals surface area contributed by atoms with Gasteiger partial charge in [-0.1, -0.05) is 12.1 Å². The number of hydrogen-bond acceptors (Lipinski definition) is 6. The zero-order valence-corrected chi connectivity index (χ0v) is 12.0. The minimum absolute atomic E-state index is 0.137. The molecule has 3 aromatic heterocycles. The number of carbonyl (C=O) groups is 1. The topological polar surface area (TPSA) is 107 Å². The molecule has 0 saturated heterocycles. The Balaban J connectivity index is 2.03. The van der Waals surface area contributed by atoms with Gasteiger partial charge in [-0.15, -0.1) is 0 Å². The number of aromatic nitrogens is 5. The van der Waals surface area contributed by atoms with Gasteiger partial charge < -0.3 is 9.63 Å². The van der Waals surface area contributed by atoms with E-state index in [2.05, 4.69) is 20.2 Å². The van der Waals surface area contributed by atoms with Crippen LogP contribution in [0.15, 0.2) is 29.0 Å². The maximum atomic E-state index is 11.1. The Hall–Kier alpha value is -3.03. The van der Waals surface area contributed by atoms with E-state index in [4.69, 9.17) is 9.63 Å². The van der Waals surface area contributed by atoms with Crippen LogP contribution in [0.1, 0.15) is 28.8 Å². The predicted octanol–water partition coefficient (Wildman–Crippen LogP) is 1.89. The van der Waals surface area contributed by atoms with Crippen LogP contribution < -0.4 is 0 Å². The normalized spacial score (nSPS) is 10.8. The zero-order chi connectivity index (χ0) is 15.7. The average molecular weight is 299 g/mol. The van der Waals surface area contributed by atoms with Crippen molar-refractivity contribution in [3.63, 3.8) is 0 Å². The molecule has 0 fully saturated rings. The Morgan fingerprint density at radius 1 is 1.45 bits per heavy atom. The van der Waals surface area contributed by atoms with Gasteiger partial charge in [-0.05, 0) is 19.1 Å². The maximum Gasteiger partial charge on any atom is 0.339 e. The molecule has 1 N–H and O–H groups in total. The maximum absolute atomic E-state index is 11.1. The Labute approximate surface area is 125 Å². The van der Waals surface area contributed by atoms with Crippen LogP contribution in [0.3, 0.4) is 0 Å². The van der Waals surface area contributed by atoms with Crippen LogP contribution in [-0.2, 0) is 6.42 Å². The summed E-state index contributed by atoms with van der Waals surface area (Å²) in [7, 11) is 0. The number of rotatable bonds is 4. The van der Waals surface area contributed by atoms with Crippen molar-refractivity contribution in [3.8, 4) is 17.3 Å². The summed E-state index contributed by atoms with van der Waals surface area (Å²) in [5.41, 5.74) is 1.33. The molecule has 0 saturated carbocycles. The second-order valence-corrected chi connectivity index (χ2v) is 4.63. The van der Waals surface area contributed by atoms with Crippen LogP contribution in [0.2, 0.25) is 0 Å². The molecule has 0 unspecified atom stereocenters. The predicted molar refractivity (Wildman–Crippen MR) is 75.7 cm³/mol. The molecule has 8 heteroatoms. The van der Waals surface area contributed by atoms with Crippen LogP contribution in [0.5, 0.6) is 0 Å². The highest BCUT2D eigenvalue weighted by Crippen LogP contribution is 2.20. The first-order valence-electron chi connectivity index (χ1n) is 6.67. The van der Waals surface area contributed by atoms with Crippen LogP contribution in [0.25, 0.3) is 17.3 Å². The highest BCUT2D eigenvalue weighted by atomic mass is 16.5. The third-order valence-electron chi connectivity index (χ3n) is 3.23. The van der Waals surface area contributed by atoms with Gasteiger partial charge in [0.05, 0.1) is 11.9 Å². The Kier molecular flexibility index (Phi) is 3.42. The summed E-state index contributed by atoms with van der Waals surface area (Å²) in [6.07, 6.45) is 3.57. The van der Waals surface area contributed by atoms with E-state index in [1.54, 1.807) is 25.3 Å². The fourth-order valence-electron chi connectivity index (χ4n) is 2.03. The molecule has 0 amide bonds. The highest BCUT2D eigenvalue weighted by molar-refractivity contribution is 5.88. The molecule has 0 aliphatic heterocycles. The minimum Gasteiger partial charge on any atom is -0.478 e. The lowest BCUT2D eigenvalue weighted by atomic mass is 10.2. The van der Waals surface area contributed by atoms with Crippen LogP contribution in [-0.4, -0.2) is 36.0 Å². The first-order valence-corrected chi connectivity index (χ1v) is 6.67. The van der Waals surface area contributed by atoms with Crippen molar-refractivity contribution in [3.05, 3.63) is 41.6 Å². The zero-order valence-electron chi connectivity index (χ0n) is 12.0. The van der Waals surface area contributed by atoms with Crippen LogP contribution in [0.4, 0.5) is 0 Å². The molecule has 3 heterocycles. The summed E-state index contributed by atoms with van der Waals surface area (Å²) in [5, 5.41) is 17.0. The summed E-state index contributed by atoms with van der Waals surface area (Å²) in [6.45, 7) is 3.61. The lowest BCUT2D eigenvalue weighted by molar-refractivity contribution is 0.0696. The van der Waals surface area contributed by atoms with E-state index in [-0.39, 0.29) is 5.56 Å². The van der Waals surface area contributed by atoms with Crippen molar-refractivity contribution in [2.45, 2.75) is 20.3 Å². The standard InChI is InChI=1S/C14H13N5O3/c1-3-11-17-13(22-18-11)9-4-5-15-12(6-9)19-8(2)10(7-16-19)14(20)21/h4-7H,3H2,1-2H3,(H,20,21). The number of aryl methyl sites for hydroxylation is 1. The number of carboxylic acids is 1. The number of hydrogen-bond donors (Lipinski definition) is 1. The third-order valence-corrected chi connectivity index (χ3v) is 3.23. The van der Waals surface area contributed by atoms with Crippen LogP contribution in [0, 0.1) is 6.92 Å². The van der Waals surface area contributed by atoms with Crippen molar-refractivity contribution in [2.24, 2.45) is 0 Å². The first kappa shape index (κ1) is 13.9. The number of aromatic carboxylic acids is 1. The minimum atomic E-state index is -1.02. The molecule has 0 aliphatic carbocycles. The van der Waals surface area contributed by atoms with Crippen molar-refractivity contribution in [2.75, 3.05) is 0 Å². The number of nitrogens with zero attached hydrogens (tertiary/aromatic N) is 5. The van der Waals surface area contributed by atoms with Gasteiger partial charge >= 0.3 is 5.97 Å². The second kappa shape index (κ2) is 5.40. The van der Waals surface area contributed by atoms with Crippen molar-refractivity contribution < 1.29 is 14.4 Å². The van der Waals surface area contributed by atoms with E-state index in [0.717, 1.165) is 0 Å². The van der Waals surface area contributed by atoms with Gasteiger partial charge in [0.2, 0.25) is 0 Å². The molecule has 0 radical (unpaired) electrons. The molecule has 22 heavy (non-hydrogen) atoms. The fraction of sp³-hybridized carbons (Fsp3) is 0.214. The number of pyridine rings is 1. The van der Waals surface area contributed by atoms with Crippen LogP contribution >= 0.6 is 0 Å². The quantitative estimate of drug-likeness (QED) is 0.783. The SMILES string of the molecule is CCc1noc(-c2ccnc(-n3ncc(C(=O)O)c3C)c2)n1. The average Bonchev–Trinajstić information content (AvgIpc) is 3.13. The Bertz CT molecular complexity index is 837. The molecular weight excluding hydrogens is 286 g/mol. The Morgan fingerprint density at radius 2 is 2.27 bits per heavy atom. The highest BCUT2D eigenvalue weighted by Gasteiger charge is 2.16. The molecule has 0 aromatic carbocycles. The van der Waals surface area contributed by atoms with Gasteiger partial charge in [0.15, 0.2) is 11.6 Å². The lowest BCUT2D eigenvalue weighted by Gasteiger charge is -2.04. The van der Waals surface area contributed by atoms with Gasteiger partial charge in [0, 0.05) is 18.2 Å². The van der Waals surface area contributed by atoms with Crippen molar-refractivity contribution >= 4 is 5.97 Å². The monoisotopic (exact) mass is 299 g/mol. The van der Waals surface area contributed by atoms with E-state index < -0.39 is 5.97 Å². The molecule has 0 atom stereocenters. The summed E-state index contributed by atoms with van der Waals surface area (Å²) >= 11 is 0. The fourth-order valence-corrected chi connectivity index (χ4v) is 2.03. The largest absolute Gasteiger partial charge is 0.478 e. The van der Waals surface area contributed by atoms with Gasteiger partial charge in [-0.25, -0.2) is 14.5 Å².